The van der Waals surface area contributed by atoms with Crippen LogP contribution in [0, 0.1) is 0 Å². The van der Waals surface area contributed by atoms with E-state index in [1.165, 1.54) is 0 Å². The molecule has 1 aromatic carbocycles. The van der Waals surface area contributed by atoms with E-state index in [0.29, 0.717) is 13.2 Å². The summed E-state index contributed by atoms with van der Waals surface area (Å²) < 4.78 is 9.73. The normalized spacial score (nSPS) is 26.8. The van der Waals surface area contributed by atoms with Gasteiger partial charge in [0.15, 0.2) is 0 Å². The molecule has 1 amide bonds. The summed E-state index contributed by atoms with van der Waals surface area (Å²) in [5.74, 6) is 0.00887. The van der Waals surface area contributed by atoms with Gasteiger partial charge in [-0.3, -0.25) is 9.46 Å². The van der Waals surface area contributed by atoms with Crippen molar-refractivity contribution in [2.45, 2.75) is 13.3 Å². The maximum atomic E-state index is 12.5. The second-order valence-electron chi connectivity index (χ2n) is 4.34. The highest BCUT2D eigenvalue weighted by molar-refractivity contribution is 8.12. The number of benzene rings is 1. The first-order valence-electron chi connectivity index (χ1n) is 6.12. The molecule has 4 nitrogen and oxygen atoms in total. The zero-order chi connectivity index (χ0) is 12.8. The molecular formula is C12H15N2O2PS. The maximum Gasteiger partial charge on any atom is 0.262 e. The van der Waals surface area contributed by atoms with Crippen LogP contribution in [0.5, 0.6) is 0 Å². The zero-order valence-corrected chi connectivity index (χ0v) is 11.9. The fourth-order valence-corrected chi connectivity index (χ4v) is 6.25. The Morgan fingerprint density at radius 3 is 3.00 bits per heavy atom. The standard InChI is InChI=1S/C12H15N2O2PS/c1-2-13-12(15)10-6-3-4-7-11(10)14-8-5-9-16-17(13,14)18/h3-4,6-7H,2,5,8-9H2,1H3. The third-order valence-corrected chi connectivity index (χ3v) is 7.45. The molecule has 2 aliphatic rings. The highest BCUT2D eigenvalue weighted by atomic mass is 32.5. The molecule has 1 saturated heterocycles. The van der Waals surface area contributed by atoms with E-state index < -0.39 is 6.57 Å². The molecule has 1 atom stereocenters. The second-order valence-corrected chi connectivity index (χ2v) is 7.97. The number of para-hydroxylation sites is 1. The van der Waals surface area contributed by atoms with E-state index >= 15 is 0 Å². The monoisotopic (exact) mass is 282 g/mol. The van der Waals surface area contributed by atoms with Gasteiger partial charge in [0.1, 0.15) is 0 Å². The Morgan fingerprint density at radius 2 is 2.22 bits per heavy atom. The molecule has 0 aromatic heterocycles. The molecule has 0 radical (unpaired) electrons. The first kappa shape index (κ1) is 12.2. The quantitative estimate of drug-likeness (QED) is 0.741. The van der Waals surface area contributed by atoms with E-state index in [4.69, 9.17) is 16.3 Å². The molecule has 0 bridgehead atoms. The van der Waals surface area contributed by atoms with Crippen molar-refractivity contribution in [3.05, 3.63) is 29.8 Å². The fourth-order valence-electron chi connectivity index (χ4n) is 2.51. The van der Waals surface area contributed by atoms with Crippen LogP contribution in [0.15, 0.2) is 24.3 Å². The summed E-state index contributed by atoms with van der Waals surface area (Å²) in [7, 11) is 0. The second kappa shape index (κ2) is 4.34. The molecule has 0 aliphatic carbocycles. The number of anilines is 1. The van der Waals surface area contributed by atoms with Crippen molar-refractivity contribution in [2.75, 3.05) is 24.4 Å². The first-order chi connectivity index (χ1) is 8.68. The third-order valence-electron chi connectivity index (χ3n) is 3.33. The lowest BCUT2D eigenvalue weighted by atomic mass is 10.1. The SMILES string of the molecule is CCN1C(=O)c2ccccc2N2CCCOP12=S. The minimum Gasteiger partial charge on any atom is -0.318 e. The Morgan fingerprint density at radius 1 is 1.44 bits per heavy atom. The Kier molecular flexibility index (Phi) is 2.93. The van der Waals surface area contributed by atoms with Gasteiger partial charge in [-0.1, -0.05) is 12.1 Å². The average Bonchev–Trinajstić information content (AvgIpc) is 2.39. The van der Waals surface area contributed by atoms with E-state index in [9.17, 15) is 4.79 Å². The summed E-state index contributed by atoms with van der Waals surface area (Å²) in [6, 6.07) is 7.68. The van der Waals surface area contributed by atoms with Gasteiger partial charge < -0.3 is 9.19 Å². The summed E-state index contributed by atoms with van der Waals surface area (Å²) in [5, 5.41) is 0. The van der Waals surface area contributed by atoms with Gasteiger partial charge >= 0.3 is 0 Å². The minimum absolute atomic E-state index is 0.00887. The van der Waals surface area contributed by atoms with Crippen LogP contribution >= 0.6 is 6.57 Å². The van der Waals surface area contributed by atoms with E-state index in [1.807, 2.05) is 31.2 Å². The number of hydrogen-bond donors (Lipinski definition) is 0. The summed E-state index contributed by atoms with van der Waals surface area (Å²) in [5.41, 5.74) is 1.68. The fraction of sp³-hybridized carbons (Fsp3) is 0.417. The highest BCUT2D eigenvalue weighted by Crippen LogP contribution is 2.62. The lowest BCUT2D eigenvalue weighted by Crippen LogP contribution is -2.44. The van der Waals surface area contributed by atoms with Gasteiger partial charge in [-0.05, 0) is 37.3 Å². The number of fused-ring (bicyclic) bond motifs is 3. The van der Waals surface area contributed by atoms with E-state index in [1.54, 1.807) is 4.67 Å². The molecule has 2 aliphatic heterocycles. The van der Waals surface area contributed by atoms with Crippen LogP contribution in [-0.2, 0) is 16.3 Å². The van der Waals surface area contributed by atoms with Crippen LogP contribution < -0.4 is 4.67 Å². The Labute approximate surface area is 112 Å². The van der Waals surface area contributed by atoms with Gasteiger partial charge in [0.25, 0.3) is 12.5 Å². The van der Waals surface area contributed by atoms with Crippen molar-refractivity contribution in [1.29, 1.82) is 0 Å². The van der Waals surface area contributed by atoms with Crippen molar-refractivity contribution in [1.82, 2.24) is 4.67 Å². The lowest BCUT2D eigenvalue weighted by molar-refractivity contribution is 0.0847. The van der Waals surface area contributed by atoms with Crippen LogP contribution in [0.1, 0.15) is 23.7 Å². The van der Waals surface area contributed by atoms with Gasteiger partial charge in [0.05, 0.1) is 17.9 Å². The summed E-state index contributed by atoms with van der Waals surface area (Å²) in [6.45, 7) is 1.71. The molecule has 96 valence electrons. The molecule has 1 aromatic rings. The smallest absolute Gasteiger partial charge is 0.262 e. The predicted molar refractivity (Wildman–Crippen MR) is 75.4 cm³/mol. The average molecular weight is 282 g/mol. The molecule has 0 N–H and O–H groups in total. The van der Waals surface area contributed by atoms with Gasteiger partial charge in [-0.15, -0.1) is 0 Å². The minimum atomic E-state index is -2.37. The van der Waals surface area contributed by atoms with Crippen LogP contribution in [0.4, 0.5) is 5.69 Å². The lowest BCUT2D eigenvalue weighted by Gasteiger charge is -2.48. The highest BCUT2D eigenvalue weighted by Gasteiger charge is 2.44. The summed E-state index contributed by atoms with van der Waals surface area (Å²) in [6.07, 6.45) is 0.957. The molecule has 1 fully saturated rings. The molecule has 2 heterocycles. The van der Waals surface area contributed by atoms with Crippen LogP contribution in [-0.4, -0.2) is 30.3 Å². The third kappa shape index (κ3) is 1.54. The molecular weight excluding hydrogens is 267 g/mol. The van der Waals surface area contributed by atoms with E-state index in [0.717, 1.165) is 24.2 Å². The van der Waals surface area contributed by atoms with Gasteiger partial charge in [0.2, 0.25) is 0 Å². The van der Waals surface area contributed by atoms with Gasteiger partial charge in [-0.2, -0.15) is 0 Å². The van der Waals surface area contributed by atoms with Crippen LogP contribution in [0.25, 0.3) is 0 Å². The largest absolute Gasteiger partial charge is 0.318 e. The number of rotatable bonds is 1. The van der Waals surface area contributed by atoms with Gasteiger partial charge in [-0.25, -0.2) is 0 Å². The van der Waals surface area contributed by atoms with Crippen LogP contribution in [0.3, 0.4) is 0 Å². The van der Waals surface area contributed by atoms with Crippen molar-refractivity contribution < 1.29 is 9.32 Å². The van der Waals surface area contributed by atoms with Crippen molar-refractivity contribution >= 4 is 30.0 Å². The van der Waals surface area contributed by atoms with Crippen LogP contribution in [0.2, 0.25) is 0 Å². The molecule has 0 spiro atoms. The van der Waals surface area contributed by atoms with Gasteiger partial charge in [0, 0.05) is 13.1 Å². The zero-order valence-electron chi connectivity index (χ0n) is 10.2. The topological polar surface area (TPSA) is 32.8 Å². The summed E-state index contributed by atoms with van der Waals surface area (Å²) in [4.78, 5) is 12.5. The van der Waals surface area contributed by atoms with Crippen molar-refractivity contribution in [3.63, 3.8) is 0 Å². The molecule has 1 unspecified atom stereocenters. The summed E-state index contributed by atoms with van der Waals surface area (Å²) >= 11 is 5.72. The number of nitrogens with zero attached hydrogens (tertiary/aromatic N) is 2. The Hall–Kier alpha value is -0.900. The number of hydrogen-bond acceptors (Lipinski definition) is 3. The van der Waals surface area contributed by atoms with Crippen molar-refractivity contribution in [2.24, 2.45) is 0 Å². The number of carbonyl (C=O) groups excluding carboxylic acids is 1. The number of amides is 1. The Bertz CT molecular complexity index is 549. The molecule has 0 saturated carbocycles. The molecule has 18 heavy (non-hydrogen) atoms. The predicted octanol–water partition coefficient (Wildman–Crippen LogP) is 2.61. The van der Waals surface area contributed by atoms with E-state index in [-0.39, 0.29) is 5.91 Å². The molecule has 3 rings (SSSR count). The molecule has 6 heteroatoms. The first-order valence-corrected chi connectivity index (χ1v) is 8.75. The van der Waals surface area contributed by atoms with Crippen molar-refractivity contribution in [3.8, 4) is 0 Å². The number of carbonyl (C=O) groups is 1. The van der Waals surface area contributed by atoms with E-state index in [2.05, 4.69) is 4.67 Å². The Balaban J connectivity index is 2.20. The maximum absolute atomic E-state index is 12.5.